The molecule has 0 unspecified atom stereocenters. The van der Waals surface area contributed by atoms with Gasteiger partial charge in [-0.05, 0) is 24.1 Å². The molecule has 0 radical (unpaired) electrons. The SMILES string of the molecule is O=C(CCCN1CCSc2ccccc21)NCc1ccccc1. The zero-order chi connectivity index (χ0) is 15.9. The summed E-state index contributed by atoms with van der Waals surface area (Å²) in [5, 5.41) is 2.99. The number of anilines is 1. The van der Waals surface area contributed by atoms with E-state index in [1.807, 2.05) is 42.1 Å². The molecule has 2 aromatic carbocycles. The average Bonchev–Trinajstić information content (AvgIpc) is 2.61. The zero-order valence-corrected chi connectivity index (χ0v) is 14.0. The lowest BCUT2D eigenvalue weighted by Crippen LogP contribution is -2.31. The molecule has 3 rings (SSSR count). The Balaban J connectivity index is 1.42. The highest BCUT2D eigenvalue weighted by atomic mass is 32.2. The number of hydrogen-bond acceptors (Lipinski definition) is 3. The predicted molar refractivity (Wildman–Crippen MR) is 96.9 cm³/mol. The first-order valence-electron chi connectivity index (χ1n) is 8.10. The number of benzene rings is 2. The van der Waals surface area contributed by atoms with Crippen LogP contribution in [0.5, 0.6) is 0 Å². The van der Waals surface area contributed by atoms with Gasteiger partial charge in [0.25, 0.3) is 0 Å². The molecule has 0 fully saturated rings. The van der Waals surface area contributed by atoms with E-state index in [1.54, 1.807) is 0 Å². The van der Waals surface area contributed by atoms with E-state index in [0.717, 1.165) is 30.8 Å². The highest BCUT2D eigenvalue weighted by molar-refractivity contribution is 7.99. The van der Waals surface area contributed by atoms with E-state index in [0.29, 0.717) is 13.0 Å². The molecule has 1 heterocycles. The Kier molecular flexibility index (Phi) is 5.59. The normalized spacial score (nSPS) is 13.5. The summed E-state index contributed by atoms with van der Waals surface area (Å²) in [5.41, 5.74) is 2.45. The molecule has 1 aliphatic heterocycles. The van der Waals surface area contributed by atoms with Crippen LogP contribution in [0.15, 0.2) is 59.5 Å². The van der Waals surface area contributed by atoms with Gasteiger partial charge in [-0.25, -0.2) is 0 Å². The van der Waals surface area contributed by atoms with Crippen LogP contribution in [-0.2, 0) is 11.3 Å². The average molecular weight is 326 g/mol. The second-order valence-corrected chi connectivity index (χ2v) is 6.81. The summed E-state index contributed by atoms with van der Waals surface area (Å²) >= 11 is 1.92. The Bertz CT molecular complexity index is 645. The standard InChI is InChI=1S/C19H22N2OS/c22-19(20-15-16-7-2-1-3-8-16)11-6-12-21-13-14-23-18-10-5-4-9-17(18)21/h1-5,7-10H,6,11-15H2,(H,20,22). The molecule has 4 heteroatoms. The van der Waals surface area contributed by atoms with Crippen LogP contribution >= 0.6 is 11.8 Å². The lowest BCUT2D eigenvalue weighted by molar-refractivity contribution is -0.121. The molecule has 3 nitrogen and oxygen atoms in total. The predicted octanol–water partition coefficient (Wildman–Crippen LogP) is 3.70. The third-order valence-corrected chi connectivity index (χ3v) is 5.03. The number of hydrogen-bond donors (Lipinski definition) is 1. The minimum absolute atomic E-state index is 0.133. The molecular weight excluding hydrogens is 304 g/mol. The molecule has 2 aromatic rings. The quantitative estimate of drug-likeness (QED) is 0.878. The maximum Gasteiger partial charge on any atom is 0.220 e. The zero-order valence-electron chi connectivity index (χ0n) is 13.2. The van der Waals surface area contributed by atoms with Gasteiger partial charge in [-0.2, -0.15) is 0 Å². The topological polar surface area (TPSA) is 32.3 Å². The summed E-state index contributed by atoms with van der Waals surface area (Å²) in [4.78, 5) is 15.7. The number of rotatable bonds is 6. The van der Waals surface area contributed by atoms with Crippen LogP contribution in [0.3, 0.4) is 0 Å². The van der Waals surface area contributed by atoms with E-state index >= 15 is 0 Å². The van der Waals surface area contributed by atoms with Gasteiger partial charge in [-0.1, -0.05) is 42.5 Å². The fourth-order valence-electron chi connectivity index (χ4n) is 2.77. The molecular formula is C19H22N2OS. The van der Waals surface area contributed by atoms with Crippen LogP contribution in [0.25, 0.3) is 0 Å². The van der Waals surface area contributed by atoms with Gasteiger partial charge in [0.2, 0.25) is 5.91 Å². The maximum absolute atomic E-state index is 12.0. The number of fused-ring (bicyclic) bond motifs is 1. The van der Waals surface area contributed by atoms with E-state index in [-0.39, 0.29) is 5.91 Å². The lowest BCUT2D eigenvalue weighted by Gasteiger charge is -2.30. The molecule has 1 N–H and O–H groups in total. The molecule has 0 bridgehead atoms. The summed E-state index contributed by atoms with van der Waals surface area (Å²) in [6.45, 7) is 2.62. The first-order chi connectivity index (χ1) is 11.3. The third kappa shape index (κ3) is 4.52. The second-order valence-electron chi connectivity index (χ2n) is 5.67. The molecule has 0 aliphatic carbocycles. The van der Waals surface area contributed by atoms with E-state index in [1.165, 1.54) is 10.6 Å². The smallest absolute Gasteiger partial charge is 0.220 e. The van der Waals surface area contributed by atoms with Crippen molar-refractivity contribution in [3.63, 3.8) is 0 Å². The van der Waals surface area contributed by atoms with E-state index in [4.69, 9.17) is 0 Å². The number of nitrogens with one attached hydrogen (secondary N) is 1. The fraction of sp³-hybridized carbons (Fsp3) is 0.316. The van der Waals surface area contributed by atoms with Crippen LogP contribution in [-0.4, -0.2) is 24.7 Å². The highest BCUT2D eigenvalue weighted by Crippen LogP contribution is 2.34. The summed E-state index contributed by atoms with van der Waals surface area (Å²) in [6.07, 6.45) is 1.47. The van der Waals surface area contributed by atoms with Gasteiger partial charge in [0.15, 0.2) is 0 Å². The second kappa shape index (κ2) is 8.06. The van der Waals surface area contributed by atoms with Gasteiger partial charge in [0.05, 0.1) is 5.69 Å². The lowest BCUT2D eigenvalue weighted by atomic mass is 10.2. The summed E-state index contributed by atoms with van der Waals surface area (Å²) in [5.74, 6) is 1.26. The minimum atomic E-state index is 0.133. The summed E-state index contributed by atoms with van der Waals surface area (Å²) in [7, 11) is 0. The van der Waals surface area contributed by atoms with E-state index < -0.39 is 0 Å². The van der Waals surface area contributed by atoms with Crippen molar-refractivity contribution >= 4 is 23.4 Å². The first kappa shape index (κ1) is 15.9. The molecule has 0 aromatic heterocycles. The van der Waals surface area contributed by atoms with Crippen LogP contribution in [0.4, 0.5) is 5.69 Å². The maximum atomic E-state index is 12.0. The van der Waals surface area contributed by atoms with Crippen molar-refractivity contribution in [3.05, 3.63) is 60.2 Å². The van der Waals surface area contributed by atoms with Crippen LogP contribution in [0.2, 0.25) is 0 Å². The minimum Gasteiger partial charge on any atom is -0.370 e. The Labute approximate surface area is 142 Å². The number of para-hydroxylation sites is 1. The Morgan fingerprint density at radius 1 is 1.09 bits per heavy atom. The van der Waals surface area contributed by atoms with Crippen molar-refractivity contribution in [2.45, 2.75) is 24.3 Å². The number of thioether (sulfide) groups is 1. The monoisotopic (exact) mass is 326 g/mol. The van der Waals surface area contributed by atoms with Gasteiger partial charge in [-0.3, -0.25) is 4.79 Å². The molecule has 0 spiro atoms. The molecule has 120 valence electrons. The Morgan fingerprint density at radius 2 is 1.87 bits per heavy atom. The van der Waals surface area contributed by atoms with Crippen LogP contribution in [0.1, 0.15) is 18.4 Å². The van der Waals surface area contributed by atoms with Gasteiger partial charge >= 0.3 is 0 Å². The molecule has 1 aliphatic rings. The largest absolute Gasteiger partial charge is 0.370 e. The first-order valence-corrected chi connectivity index (χ1v) is 9.09. The Hall–Kier alpha value is -1.94. The van der Waals surface area contributed by atoms with Gasteiger partial charge in [-0.15, -0.1) is 11.8 Å². The van der Waals surface area contributed by atoms with Crippen LogP contribution < -0.4 is 10.2 Å². The highest BCUT2D eigenvalue weighted by Gasteiger charge is 2.16. The summed E-state index contributed by atoms with van der Waals surface area (Å²) < 4.78 is 0. The molecule has 0 saturated carbocycles. The van der Waals surface area contributed by atoms with Crippen molar-refractivity contribution in [2.24, 2.45) is 0 Å². The number of carbonyl (C=O) groups is 1. The Morgan fingerprint density at radius 3 is 2.74 bits per heavy atom. The molecule has 0 atom stereocenters. The van der Waals surface area contributed by atoms with Crippen molar-refractivity contribution < 1.29 is 4.79 Å². The molecule has 1 amide bonds. The number of carbonyl (C=O) groups excluding carboxylic acids is 1. The summed E-state index contributed by atoms with van der Waals surface area (Å²) in [6, 6.07) is 18.6. The van der Waals surface area contributed by atoms with E-state index in [2.05, 4.69) is 34.5 Å². The van der Waals surface area contributed by atoms with Crippen molar-refractivity contribution in [1.29, 1.82) is 0 Å². The number of amides is 1. The van der Waals surface area contributed by atoms with Gasteiger partial charge in [0.1, 0.15) is 0 Å². The van der Waals surface area contributed by atoms with Crippen molar-refractivity contribution in [1.82, 2.24) is 5.32 Å². The number of nitrogens with zero attached hydrogens (tertiary/aromatic N) is 1. The van der Waals surface area contributed by atoms with Crippen LogP contribution in [0, 0.1) is 0 Å². The fourth-order valence-corrected chi connectivity index (χ4v) is 3.83. The van der Waals surface area contributed by atoms with E-state index in [9.17, 15) is 4.79 Å². The van der Waals surface area contributed by atoms with Gasteiger partial charge < -0.3 is 10.2 Å². The molecule has 23 heavy (non-hydrogen) atoms. The van der Waals surface area contributed by atoms with Gasteiger partial charge in [0, 0.05) is 36.7 Å². The molecule has 0 saturated heterocycles. The van der Waals surface area contributed by atoms with Crippen molar-refractivity contribution in [2.75, 3.05) is 23.7 Å². The third-order valence-electron chi connectivity index (χ3n) is 3.99. The van der Waals surface area contributed by atoms with Crippen molar-refractivity contribution in [3.8, 4) is 0 Å².